The quantitative estimate of drug-likeness (QED) is 0.922. The Labute approximate surface area is 127 Å². The van der Waals surface area contributed by atoms with E-state index in [4.69, 9.17) is 0 Å². The topological polar surface area (TPSA) is 83.4 Å². The highest BCUT2D eigenvalue weighted by Gasteiger charge is 2.48. The first-order chi connectivity index (χ1) is 10.1. The van der Waals surface area contributed by atoms with Crippen LogP contribution in [0.25, 0.3) is 0 Å². The van der Waals surface area contributed by atoms with E-state index in [1.54, 1.807) is 4.90 Å². The normalized spacial score (nSPS) is 28.4. The smallest absolute Gasteiger partial charge is 0.326 e. The van der Waals surface area contributed by atoms with E-state index in [9.17, 15) is 14.7 Å². The molecule has 2 heterocycles. The van der Waals surface area contributed by atoms with E-state index in [-0.39, 0.29) is 11.9 Å². The Morgan fingerprint density at radius 3 is 2.86 bits per heavy atom. The number of aromatic nitrogens is 2. The molecule has 1 aliphatic heterocycles. The van der Waals surface area contributed by atoms with Gasteiger partial charge in [0.15, 0.2) is 0 Å². The summed E-state index contributed by atoms with van der Waals surface area (Å²) in [6, 6.07) is -0.628. The zero-order chi connectivity index (χ0) is 15.0. The summed E-state index contributed by atoms with van der Waals surface area (Å²) >= 11 is 1.08. The van der Waals surface area contributed by atoms with E-state index in [1.807, 2.05) is 6.92 Å². The average Bonchev–Trinajstić information content (AvgIpc) is 3.10. The molecule has 2 fully saturated rings. The molecular weight excluding hydrogens is 290 g/mol. The van der Waals surface area contributed by atoms with Gasteiger partial charge in [0.2, 0.25) is 0 Å². The molecule has 114 valence electrons. The van der Waals surface area contributed by atoms with Crippen molar-refractivity contribution < 1.29 is 14.7 Å². The summed E-state index contributed by atoms with van der Waals surface area (Å²) in [5.41, 5.74) is 0.674. The molecule has 6 nitrogen and oxygen atoms in total. The third-order valence-corrected chi connectivity index (χ3v) is 5.45. The van der Waals surface area contributed by atoms with Gasteiger partial charge >= 0.3 is 5.97 Å². The lowest BCUT2D eigenvalue weighted by Crippen LogP contribution is -2.46. The van der Waals surface area contributed by atoms with Crippen molar-refractivity contribution in [3.8, 4) is 0 Å². The Balaban J connectivity index is 1.93. The lowest BCUT2D eigenvalue weighted by Gasteiger charge is -2.32. The van der Waals surface area contributed by atoms with Gasteiger partial charge in [0.25, 0.3) is 5.91 Å². The van der Waals surface area contributed by atoms with E-state index in [0.29, 0.717) is 29.3 Å². The third-order valence-electron chi connectivity index (χ3n) is 4.69. The first-order valence-electron chi connectivity index (χ1n) is 7.50. The van der Waals surface area contributed by atoms with Crippen molar-refractivity contribution in [2.75, 3.05) is 0 Å². The zero-order valence-electron chi connectivity index (χ0n) is 12.0. The first kappa shape index (κ1) is 14.4. The number of carboxylic acid groups (broad SMARTS) is 1. The van der Waals surface area contributed by atoms with Crippen LogP contribution >= 0.6 is 11.5 Å². The van der Waals surface area contributed by atoms with E-state index < -0.39 is 12.0 Å². The number of carbonyl (C=O) groups excluding carboxylic acids is 1. The number of nitrogens with zero attached hydrogens (tertiary/aromatic N) is 3. The fourth-order valence-corrected chi connectivity index (χ4v) is 4.39. The van der Waals surface area contributed by atoms with Crippen LogP contribution < -0.4 is 0 Å². The molecule has 2 aliphatic rings. The summed E-state index contributed by atoms with van der Waals surface area (Å²) in [5.74, 6) is -0.758. The second-order valence-electron chi connectivity index (χ2n) is 5.82. The lowest BCUT2D eigenvalue weighted by molar-refractivity contribution is -0.141. The molecule has 1 saturated heterocycles. The van der Waals surface area contributed by atoms with Crippen molar-refractivity contribution >= 4 is 23.4 Å². The second kappa shape index (κ2) is 5.71. The van der Waals surface area contributed by atoms with Crippen LogP contribution in [0.2, 0.25) is 0 Å². The largest absolute Gasteiger partial charge is 0.480 e. The Kier molecular flexibility index (Phi) is 3.93. The van der Waals surface area contributed by atoms with E-state index >= 15 is 0 Å². The number of rotatable bonds is 3. The van der Waals surface area contributed by atoms with E-state index in [0.717, 1.165) is 37.2 Å². The maximum absolute atomic E-state index is 12.9. The molecule has 7 heteroatoms. The molecule has 21 heavy (non-hydrogen) atoms. The number of amides is 1. The number of fused-ring (bicyclic) bond motifs is 1. The lowest BCUT2D eigenvalue weighted by atomic mass is 9.84. The maximum Gasteiger partial charge on any atom is 0.326 e. The van der Waals surface area contributed by atoms with Gasteiger partial charge in [-0.15, -0.1) is 5.10 Å². The molecule has 1 amide bonds. The molecule has 1 saturated carbocycles. The molecule has 0 bridgehead atoms. The monoisotopic (exact) mass is 309 g/mol. The minimum Gasteiger partial charge on any atom is -0.480 e. The summed E-state index contributed by atoms with van der Waals surface area (Å²) < 4.78 is 3.86. The predicted molar refractivity (Wildman–Crippen MR) is 77.2 cm³/mol. The van der Waals surface area contributed by atoms with Crippen LogP contribution in [0.4, 0.5) is 0 Å². The Hall–Kier alpha value is -1.50. The third kappa shape index (κ3) is 2.43. The molecule has 0 spiro atoms. The number of hydrogen-bond acceptors (Lipinski definition) is 5. The van der Waals surface area contributed by atoms with Gasteiger partial charge in [-0.05, 0) is 43.1 Å². The van der Waals surface area contributed by atoms with Gasteiger partial charge in [-0.1, -0.05) is 24.3 Å². The van der Waals surface area contributed by atoms with Gasteiger partial charge in [0.1, 0.15) is 10.9 Å². The standard InChI is InChI=1S/C14H19N3O3S/c1-2-9-12(21-16-15-9)13(18)17-10-6-4-3-5-8(10)7-11(17)14(19)20/h8,10-11H,2-7H2,1H3,(H,19,20)/t8-,10-,11+/m1/s1. The van der Waals surface area contributed by atoms with Crippen molar-refractivity contribution in [3.63, 3.8) is 0 Å². The van der Waals surface area contributed by atoms with Gasteiger partial charge < -0.3 is 10.0 Å². The van der Waals surface area contributed by atoms with Crippen LogP contribution in [0.3, 0.4) is 0 Å². The minimum absolute atomic E-state index is 0.0687. The van der Waals surface area contributed by atoms with Gasteiger partial charge in [-0.25, -0.2) is 4.79 Å². The Morgan fingerprint density at radius 1 is 1.38 bits per heavy atom. The van der Waals surface area contributed by atoms with Crippen LogP contribution in [0.15, 0.2) is 0 Å². The SMILES string of the molecule is CCc1nnsc1C(=O)N1[C@@H]2CCCC[C@@H]2C[C@H]1C(=O)O. The second-order valence-corrected chi connectivity index (χ2v) is 6.57. The van der Waals surface area contributed by atoms with Crippen molar-refractivity contribution in [1.82, 2.24) is 14.5 Å². The number of aryl methyl sites for hydroxylation is 1. The predicted octanol–water partition coefficient (Wildman–Crippen LogP) is 1.96. The molecule has 0 aromatic carbocycles. The van der Waals surface area contributed by atoms with Gasteiger partial charge in [0.05, 0.1) is 5.69 Å². The number of aliphatic carboxylic acids is 1. The molecule has 1 aromatic rings. The Bertz CT molecular complexity index is 559. The van der Waals surface area contributed by atoms with Crippen LogP contribution in [-0.2, 0) is 11.2 Å². The zero-order valence-corrected chi connectivity index (χ0v) is 12.8. The highest BCUT2D eigenvalue weighted by Crippen LogP contribution is 2.40. The van der Waals surface area contributed by atoms with Crippen molar-refractivity contribution in [2.45, 2.75) is 57.5 Å². The Morgan fingerprint density at radius 2 is 2.14 bits per heavy atom. The number of hydrogen-bond donors (Lipinski definition) is 1. The highest BCUT2D eigenvalue weighted by atomic mass is 32.1. The summed E-state index contributed by atoms with van der Waals surface area (Å²) in [5, 5.41) is 13.5. The minimum atomic E-state index is -0.895. The van der Waals surface area contributed by atoms with Crippen molar-refractivity contribution in [3.05, 3.63) is 10.6 Å². The fourth-order valence-electron chi connectivity index (χ4n) is 3.69. The summed E-state index contributed by atoms with van der Waals surface area (Å²) in [6.07, 6.45) is 5.36. The van der Waals surface area contributed by atoms with Gasteiger partial charge in [0, 0.05) is 6.04 Å². The van der Waals surface area contributed by atoms with E-state index in [1.165, 1.54) is 0 Å². The maximum atomic E-state index is 12.9. The van der Waals surface area contributed by atoms with Crippen molar-refractivity contribution in [1.29, 1.82) is 0 Å². The summed E-state index contributed by atoms with van der Waals surface area (Å²) in [4.78, 5) is 26.5. The number of carboxylic acids is 1. The fraction of sp³-hybridized carbons (Fsp3) is 0.714. The molecular formula is C14H19N3O3S. The van der Waals surface area contributed by atoms with Gasteiger partial charge in [-0.2, -0.15) is 0 Å². The van der Waals surface area contributed by atoms with Crippen LogP contribution in [0.5, 0.6) is 0 Å². The molecule has 1 N–H and O–H groups in total. The molecule has 1 aliphatic carbocycles. The first-order valence-corrected chi connectivity index (χ1v) is 8.27. The molecule has 0 unspecified atom stereocenters. The van der Waals surface area contributed by atoms with Crippen LogP contribution in [0.1, 0.15) is 54.4 Å². The molecule has 0 radical (unpaired) electrons. The number of likely N-dealkylation sites (tertiary alicyclic amines) is 1. The number of carbonyl (C=O) groups is 2. The highest BCUT2D eigenvalue weighted by molar-refractivity contribution is 7.08. The molecule has 3 rings (SSSR count). The van der Waals surface area contributed by atoms with E-state index in [2.05, 4.69) is 9.59 Å². The summed E-state index contributed by atoms with van der Waals surface area (Å²) in [6.45, 7) is 1.93. The average molecular weight is 309 g/mol. The van der Waals surface area contributed by atoms with Gasteiger partial charge in [-0.3, -0.25) is 4.79 Å². The van der Waals surface area contributed by atoms with Crippen molar-refractivity contribution in [2.24, 2.45) is 5.92 Å². The summed E-state index contributed by atoms with van der Waals surface area (Å²) in [7, 11) is 0. The molecule has 3 atom stereocenters. The van der Waals surface area contributed by atoms with Crippen LogP contribution in [0, 0.1) is 5.92 Å². The molecule has 1 aromatic heterocycles. The van der Waals surface area contributed by atoms with Crippen LogP contribution in [-0.4, -0.2) is 43.6 Å².